The number of aromatic nitrogens is 5. The molecule has 0 saturated heterocycles. The Labute approximate surface area is 113 Å². The van der Waals surface area contributed by atoms with Gasteiger partial charge in [-0.25, -0.2) is 0 Å². The molecule has 2 N–H and O–H groups in total. The van der Waals surface area contributed by atoms with Crippen LogP contribution in [0.25, 0.3) is 0 Å². The molecule has 2 heterocycles. The van der Waals surface area contributed by atoms with Crippen LogP contribution in [0.1, 0.15) is 36.2 Å². The zero-order valence-electron chi connectivity index (χ0n) is 10.9. The third-order valence-corrected chi connectivity index (χ3v) is 2.76. The number of nitro groups is 1. The van der Waals surface area contributed by atoms with Gasteiger partial charge >= 0.3 is 0 Å². The minimum atomic E-state index is -0.536. The molecule has 10 heteroatoms. The molecule has 2 aromatic heterocycles. The van der Waals surface area contributed by atoms with Crippen molar-refractivity contribution in [2.75, 3.05) is 0 Å². The maximum atomic E-state index is 12.1. The summed E-state index contributed by atoms with van der Waals surface area (Å²) in [6.07, 6.45) is 1.33. The summed E-state index contributed by atoms with van der Waals surface area (Å²) in [5.74, 6) is -0.0975. The van der Waals surface area contributed by atoms with Crippen LogP contribution in [0.2, 0.25) is 0 Å². The van der Waals surface area contributed by atoms with Gasteiger partial charge < -0.3 is 9.88 Å². The van der Waals surface area contributed by atoms with Crippen molar-refractivity contribution < 1.29 is 9.72 Å². The van der Waals surface area contributed by atoms with E-state index in [2.05, 4.69) is 25.9 Å². The van der Waals surface area contributed by atoms with Crippen molar-refractivity contribution in [2.45, 2.75) is 26.4 Å². The van der Waals surface area contributed by atoms with E-state index in [0.717, 1.165) is 0 Å². The van der Waals surface area contributed by atoms with Crippen molar-refractivity contribution in [3.8, 4) is 0 Å². The van der Waals surface area contributed by atoms with E-state index in [1.807, 2.05) is 0 Å². The minimum absolute atomic E-state index is 0.121. The van der Waals surface area contributed by atoms with E-state index >= 15 is 0 Å². The third-order valence-electron chi connectivity index (χ3n) is 2.76. The van der Waals surface area contributed by atoms with Crippen molar-refractivity contribution in [1.82, 2.24) is 30.5 Å². The van der Waals surface area contributed by atoms with E-state index in [-0.39, 0.29) is 11.4 Å². The predicted octanol–water partition coefficient (Wildman–Crippen LogP) is 0.420. The van der Waals surface area contributed by atoms with Crippen LogP contribution in [0.5, 0.6) is 0 Å². The van der Waals surface area contributed by atoms with Crippen LogP contribution in [-0.4, -0.2) is 36.0 Å². The molecule has 20 heavy (non-hydrogen) atoms. The summed E-state index contributed by atoms with van der Waals surface area (Å²) in [4.78, 5) is 22.3. The molecule has 0 bridgehead atoms. The van der Waals surface area contributed by atoms with Crippen LogP contribution < -0.4 is 5.32 Å². The number of hydrogen-bond donors (Lipinski definition) is 2. The topological polar surface area (TPSA) is 132 Å². The average Bonchev–Trinajstić information content (AvgIpc) is 3.07. The highest BCUT2D eigenvalue weighted by atomic mass is 16.6. The average molecular weight is 279 g/mol. The first-order valence-corrected chi connectivity index (χ1v) is 5.91. The number of aryl methyl sites for hydroxylation is 1. The van der Waals surface area contributed by atoms with Gasteiger partial charge in [0.25, 0.3) is 11.6 Å². The molecule has 1 unspecified atom stereocenters. The first-order chi connectivity index (χ1) is 9.52. The number of rotatable bonds is 5. The molecule has 2 aromatic rings. The summed E-state index contributed by atoms with van der Waals surface area (Å²) in [5, 5.41) is 26.6. The highest BCUT2D eigenvalue weighted by Crippen LogP contribution is 2.17. The van der Waals surface area contributed by atoms with Gasteiger partial charge in [-0.1, -0.05) is 5.21 Å². The largest absolute Gasteiger partial charge is 0.341 e. The second kappa shape index (κ2) is 5.47. The smallest absolute Gasteiger partial charge is 0.287 e. The lowest BCUT2D eigenvalue weighted by molar-refractivity contribution is -0.384. The van der Waals surface area contributed by atoms with E-state index < -0.39 is 16.9 Å². The molecule has 0 spiro atoms. The first-order valence-electron chi connectivity index (χ1n) is 5.91. The summed E-state index contributed by atoms with van der Waals surface area (Å²) < 4.78 is 1.51. The number of carbonyl (C=O) groups is 1. The zero-order valence-corrected chi connectivity index (χ0v) is 10.9. The Morgan fingerprint density at radius 3 is 2.95 bits per heavy atom. The van der Waals surface area contributed by atoms with E-state index in [0.29, 0.717) is 12.4 Å². The predicted molar refractivity (Wildman–Crippen MR) is 66.8 cm³/mol. The minimum Gasteiger partial charge on any atom is -0.341 e. The number of amides is 1. The Morgan fingerprint density at radius 2 is 2.40 bits per heavy atom. The number of nitrogens with zero attached hydrogens (tertiary/aromatic N) is 5. The molecular formula is C10H13N7O3. The first kappa shape index (κ1) is 13.6. The molecule has 0 aliphatic heterocycles. The van der Waals surface area contributed by atoms with Gasteiger partial charge in [-0.3, -0.25) is 14.9 Å². The molecule has 1 atom stereocenters. The fraction of sp³-hybridized carbons (Fsp3) is 0.400. The number of nitrogens with one attached hydrogen (secondary N) is 2. The van der Waals surface area contributed by atoms with E-state index in [1.165, 1.54) is 16.8 Å². The summed E-state index contributed by atoms with van der Waals surface area (Å²) in [6, 6.07) is 0.780. The van der Waals surface area contributed by atoms with Gasteiger partial charge in [-0.2, -0.15) is 5.21 Å². The van der Waals surface area contributed by atoms with Crippen molar-refractivity contribution in [3.05, 3.63) is 33.9 Å². The number of hydrogen-bond acceptors (Lipinski definition) is 6. The molecule has 106 valence electrons. The fourth-order valence-electron chi connectivity index (χ4n) is 1.74. The zero-order chi connectivity index (χ0) is 14.7. The van der Waals surface area contributed by atoms with E-state index in [9.17, 15) is 14.9 Å². The standard InChI is InChI=1S/C10H13N7O3/c1-3-16-5-7(17(19)20)4-8(16)10(18)11-6(2)9-12-14-15-13-9/h4-6H,3H2,1-2H3,(H,11,18)(H,12,13,14,15). The van der Waals surface area contributed by atoms with Crippen LogP contribution in [0.4, 0.5) is 5.69 Å². The lowest BCUT2D eigenvalue weighted by Gasteiger charge is -2.10. The molecule has 0 saturated carbocycles. The summed E-state index contributed by atoms with van der Waals surface area (Å²) in [6.45, 7) is 3.94. The molecule has 10 nitrogen and oxygen atoms in total. The number of H-pyrrole nitrogens is 1. The van der Waals surface area contributed by atoms with Crippen LogP contribution in [0.3, 0.4) is 0 Å². The van der Waals surface area contributed by atoms with Gasteiger partial charge in [-0.05, 0) is 13.8 Å². The Morgan fingerprint density at radius 1 is 1.65 bits per heavy atom. The Balaban J connectivity index is 2.18. The number of tetrazole rings is 1. The maximum Gasteiger partial charge on any atom is 0.287 e. The lowest BCUT2D eigenvalue weighted by atomic mass is 10.3. The van der Waals surface area contributed by atoms with Crippen molar-refractivity contribution >= 4 is 11.6 Å². The molecule has 0 aliphatic carbocycles. The fourth-order valence-corrected chi connectivity index (χ4v) is 1.74. The van der Waals surface area contributed by atoms with Gasteiger partial charge in [0.1, 0.15) is 5.69 Å². The molecule has 0 radical (unpaired) electrons. The Hall–Kier alpha value is -2.78. The van der Waals surface area contributed by atoms with Gasteiger partial charge in [0, 0.05) is 12.6 Å². The number of carbonyl (C=O) groups excluding carboxylic acids is 1. The van der Waals surface area contributed by atoms with Crippen molar-refractivity contribution in [1.29, 1.82) is 0 Å². The summed E-state index contributed by atoms with van der Waals surface area (Å²) in [7, 11) is 0. The van der Waals surface area contributed by atoms with Crippen molar-refractivity contribution in [2.24, 2.45) is 0 Å². The molecule has 2 rings (SSSR count). The molecule has 0 fully saturated rings. The summed E-state index contributed by atoms with van der Waals surface area (Å²) >= 11 is 0. The van der Waals surface area contributed by atoms with Crippen LogP contribution in [0, 0.1) is 10.1 Å². The highest BCUT2D eigenvalue weighted by molar-refractivity contribution is 5.93. The summed E-state index contributed by atoms with van der Waals surface area (Å²) in [5.41, 5.74) is 0.0961. The normalized spacial score (nSPS) is 12.1. The van der Waals surface area contributed by atoms with Gasteiger partial charge in [0.05, 0.1) is 17.2 Å². The Kier molecular flexibility index (Phi) is 3.73. The van der Waals surface area contributed by atoms with Crippen molar-refractivity contribution in [3.63, 3.8) is 0 Å². The van der Waals surface area contributed by atoms with Crippen LogP contribution in [-0.2, 0) is 6.54 Å². The van der Waals surface area contributed by atoms with Crippen LogP contribution >= 0.6 is 0 Å². The highest BCUT2D eigenvalue weighted by Gasteiger charge is 2.21. The molecule has 1 amide bonds. The van der Waals surface area contributed by atoms with Gasteiger partial charge in [0.15, 0.2) is 5.82 Å². The van der Waals surface area contributed by atoms with E-state index in [4.69, 9.17) is 0 Å². The van der Waals surface area contributed by atoms with Gasteiger partial charge in [-0.15, -0.1) is 10.2 Å². The van der Waals surface area contributed by atoms with E-state index in [1.54, 1.807) is 13.8 Å². The Bertz CT molecular complexity index is 619. The van der Waals surface area contributed by atoms with Crippen LogP contribution in [0.15, 0.2) is 12.3 Å². The second-order valence-corrected chi connectivity index (χ2v) is 4.09. The maximum absolute atomic E-state index is 12.1. The quantitative estimate of drug-likeness (QED) is 0.602. The molecular weight excluding hydrogens is 266 g/mol. The van der Waals surface area contributed by atoms with Gasteiger partial charge in [0.2, 0.25) is 0 Å². The monoisotopic (exact) mass is 279 g/mol. The lowest BCUT2D eigenvalue weighted by Crippen LogP contribution is -2.29. The molecule has 0 aliphatic rings. The number of aromatic amines is 1. The molecule has 0 aromatic carbocycles. The second-order valence-electron chi connectivity index (χ2n) is 4.09. The SMILES string of the molecule is CCn1cc([N+](=O)[O-])cc1C(=O)NC(C)c1nn[nH]n1. The third kappa shape index (κ3) is 2.63.